The molecule has 0 aliphatic rings. The van der Waals surface area contributed by atoms with Crippen molar-refractivity contribution in [2.24, 2.45) is 0 Å². The van der Waals surface area contributed by atoms with E-state index < -0.39 is 18.4 Å². The number of esters is 1. The van der Waals surface area contributed by atoms with Gasteiger partial charge in [-0.25, -0.2) is 0 Å². The molecule has 28 heavy (non-hydrogen) atoms. The van der Waals surface area contributed by atoms with Gasteiger partial charge in [0.25, 0.3) is 0 Å². The van der Waals surface area contributed by atoms with Crippen LogP contribution in [-0.2, 0) is 20.7 Å². The van der Waals surface area contributed by atoms with Crippen molar-refractivity contribution in [3.8, 4) is 17.2 Å². The van der Waals surface area contributed by atoms with Crippen molar-refractivity contribution in [3.63, 3.8) is 0 Å². The summed E-state index contributed by atoms with van der Waals surface area (Å²) < 4.78 is 15.4. The number of hydrogen-bond donors (Lipinski definition) is 2. The summed E-state index contributed by atoms with van der Waals surface area (Å²) >= 11 is 0. The molecule has 1 amide bonds. The molecular weight excluding hydrogens is 366 g/mol. The zero-order valence-corrected chi connectivity index (χ0v) is 15.8. The van der Waals surface area contributed by atoms with Crippen molar-refractivity contribution in [1.82, 2.24) is 0 Å². The van der Waals surface area contributed by atoms with Gasteiger partial charge in [0.2, 0.25) is 5.91 Å². The van der Waals surface area contributed by atoms with E-state index in [0.717, 1.165) is 0 Å². The number of rotatable bonds is 8. The number of ketones is 1. The molecule has 0 radical (unpaired) electrons. The van der Waals surface area contributed by atoms with Gasteiger partial charge in [0.05, 0.1) is 26.3 Å². The van der Waals surface area contributed by atoms with Crippen LogP contribution in [0.1, 0.15) is 22.8 Å². The predicted molar refractivity (Wildman–Crippen MR) is 101 cm³/mol. The lowest BCUT2D eigenvalue weighted by Gasteiger charge is -2.11. The van der Waals surface area contributed by atoms with E-state index in [9.17, 15) is 19.5 Å². The highest BCUT2D eigenvalue weighted by Gasteiger charge is 2.15. The van der Waals surface area contributed by atoms with Crippen LogP contribution in [0, 0.1) is 0 Å². The first kappa shape index (κ1) is 20.8. The molecule has 0 saturated carbocycles. The maximum absolute atomic E-state index is 12.2. The first-order valence-corrected chi connectivity index (χ1v) is 8.34. The maximum atomic E-state index is 12.2. The van der Waals surface area contributed by atoms with Gasteiger partial charge < -0.3 is 24.6 Å². The van der Waals surface area contributed by atoms with Crippen molar-refractivity contribution >= 4 is 23.3 Å². The van der Waals surface area contributed by atoms with Gasteiger partial charge in [0.1, 0.15) is 17.2 Å². The molecule has 0 fully saturated rings. The number of amides is 1. The van der Waals surface area contributed by atoms with E-state index in [4.69, 9.17) is 14.2 Å². The molecule has 2 aromatic rings. The van der Waals surface area contributed by atoms with Gasteiger partial charge in [-0.15, -0.1) is 0 Å². The number of aromatic hydroxyl groups is 1. The van der Waals surface area contributed by atoms with Crippen LogP contribution in [0.3, 0.4) is 0 Å². The fraction of sp³-hybridized carbons (Fsp3) is 0.250. The second kappa shape index (κ2) is 9.40. The molecule has 2 aromatic carbocycles. The summed E-state index contributed by atoms with van der Waals surface area (Å²) in [6.07, 6.45) is -0.0762. The van der Waals surface area contributed by atoms with Gasteiger partial charge in [-0.05, 0) is 24.3 Å². The van der Waals surface area contributed by atoms with Crippen LogP contribution in [0.5, 0.6) is 17.2 Å². The van der Waals surface area contributed by atoms with Crippen molar-refractivity contribution in [1.29, 1.82) is 0 Å². The topological polar surface area (TPSA) is 111 Å². The average molecular weight is 387 g/mol. The Morgan fingerprint density at radius 1 is 1.04 bits per heavy atom. The maximum Gasteiger partial charge on any atom is 0.310 e. The van der Waals surface area contributed by atoms with E-state index in [1.165, 1.54) is 39.3 Å². The third-order valence-electron chi connectivity index (χ3n) is 3.82. The Morgan fingerprint density at radius 2 is 1.79 bits per heavy atom. The molecule has 2 rings (SSSR count). The summed E-state index contributed by atoms with van der Waals surface area (Å²) in [5.74, 6) is -0.568. The highest BCUT2D eigenvalue weighted by Crippen LogP contribution is 2.26. The van der Waals surface area contributed by atoms with Crippen LogP contribution in [0.4, 0.5) is 5.69 Å². The molecule has 0 bridgehead atoms. The van der Waals surface area contributed by atoms with Gasteiger partial charge >= 0.3 is 5.97 Å². The van der Waals surface area contributed by atoms with Crippen LogP contribution in [-0.4, -0.2) is 43.6 Å². The number of hydrogen-bond acceptors (Lipinski definition) is 7. The summed E-state index contributed by atoms with van der Waals surface area (Å²) in [5.41, 5.74) is 0.891. The van der Waals surface area contributed by atoms with Crippen molar-refractivity contribution in [3.05, 3.63) is 47.5 Å². The lowest BCUT2D eigenvalue weighted by atomic mass is 10.1. The highest BCUT2D eigenvalue weighted by molar-refractivity contribution is 6.00. The second-order valence-electron chi connectivity index (χ2n) is 5.85. The lowest BCUT2D eigenvalue weighted by molar-refractivity contribution is -0.141. The molecule has 0 heterocycles. The molecule has 0 unspecified atom stereocenters. The first-order valence-electron chi connectivity index (χ1n) is 8.34. The molecule has 0 saturated heterocycles. The smallest absolute Gasteiger partial charge is 0.310 e. The molecular formula is C20H21NO7. The number of carbonyl (C=O) groups is 3. The Labute approximate surface area is 162 Å². The Balaban J connectivity index is 1.99. The summed E-state index contributed by atoms with van der Waals surface area (Å²) in [6, 6.07) is 9.00. The predicted octanol–water partition coefficient (Wildman–Crippen LogP) is 2.34. The highest BCUT2D eigenvalue weighted by atomic mass is 16.5. The summed E-state index contributed by atoms with van der Waals surface area (Å²) in [6.45, 7) is 0.810. The number of anilines is 1. The second-order valence-corrected chi connectivity index (χ2v) is 5.85. The molecule has 0 spiro atoms. The van der Waals surface area contributed by atoms with E-state index >= 15 is 0 Å². The lowest BCUT2D eigenvalue weighted by Crippen LogP contribution is -2.16. The number of nitrogens with one attached hydrogen (secondary N) is 1. The zero-order chi connectivity index (χ0) is 20.7. The summed E-state index contributed by atoms with van der Waals surface area (Å²) in [5, 5.41) is 12.1. The number of carbonyl (C=O) groups excluding carboxylic acids is 3. The monoisotopic (exact) mass is 387 g/mol. The number of ether oxygens (including phenoxy) is 3. The Bertz CT molecular complexity index is 892. The number of phenols is 1. The number of Topliss-reactive ketones (excluding diaryl/α,β-unsaturated/α-hetero) is 1. The molecule has 2 N–H and O–H groups in total. The van der Waals surface area contributed by atoms with Gasteiger partial charge in [-0.2, -0.15) is 0 Å². The van der Waals surface area contributed by atoms with Crippen LogP contribution < -0.4 is 14.8 Å². The molecule has 0 aliphatic heterocycles. The van der Waals surface area contributed by atoms with E-state index in [1.807, 2.05) is 0 Å². The van der Waals surface area contributed by atoms with Gasteiger partial charge in [-0.3, -0.25) is 14.4 Å². The van der Waals surface area contributed by atoms with E-state index in [2.05, 4.69) is 5.32 Å². The molecule has 0 atom stereocenters. The number of benzene rings is 2. The Kier molecular flexibility index (Phi) is 6.97. The molecule has 8 nitrogen and oxygen atoms in total. The van der Waals surface area contributed by atoms with Gasteiger partial charge in [-0.1, -0.05) is 6.07 Å². The van der Waals surface area contributed by atoms with E-state index in [1.54, 1.807) is 18.2 Å². The standard InChI is InChI=1S/C20H21NO7/c1-12(22)21-16-8-13(5-7-17(16)23)18(24)11-28-20(25)9-14-4-6-15(26-2)10-19(14)27-3/h4-8,10,23H,9,11H2,1-3H3,(H,21,22). The SMILES string of the molecule is COc1ccc(CC(=O)OCC(=O)c2ccc(O)c(NC(C)=O)c2)c(OC)c1. The van der Waals surface area contributed by atoms with Crippen LogP contribution in [0.25, 0.3) is 0 Å². The van der Waals surface area contributed by atoms with E-state index in [-0.39, 0.29) is 29.3 Å². The van der Waals surface area contributed by atoms with Crippen LogP contribution in [0.2, 0.25) is 0 Å². The minimum Gasteiger partial charge on any atom is -0.506 e. The molecule has 0 aliphatic carbocycles. The Morgan fingerprint density at radius 3 is 2.43 bits per heavy atom. The quantitative estimate of drug-likeness (QED) is 0.406. The number of phenolic OH excluding ortho intramolecular Hbond substituents is 1. The van der Waals surface area contributed by atoms with Crippen molar-refractivity contribution < 1.29 is 33.7 Å². The fourth-order valence-corrected chi connectivity index (χ4v) is 2.43. The van der Waals surface area contributed by atoms with Crippen LogP contribution >= 0.6 is 0 Å². The van der Waals surface area contributed by atoms with Crippen LogP contribution in [0.15, 0.2) is 36.4 Å². The Hall–Kier alpha value is -3.55. The zero-order valence-electron chi connectivity index (χ0n) is 15.8. The summed E-state index contributed by atoms with van der Waals surface area (Å²) in [4.78, 5) is 35.5. The normalized spacial score (nSPS) is 10.1. The third-order valence-corrected chi connectivity index (χ3v) is 3.82. The van der Waals surface area contributed by atoms with E-state index in [0.29, 0.717) is 17.1 Å². The minimum absolute atomic E-state index is 0.0762. The summed E-state index contributed by atoms with van der Waals surface area (Å²) in [7, 11) is 3.00. The van der Waals surface area contributed by atoms with Gasteiger partial charge in [0.15, 0.2) is 12.4 Å². The van der Waals surface area contributed by atoms with Gasteiger partial charge in [0, 0.05) is 24.1 Å². The van der Waals surface area contributed by atoms with Crippen molar-refractivity contribution in [2.75, 3.05) is 26.1 Å². The first-order chi connectivity index (χ1) is 13.3. The molecule has 0 aromatic heterocycles. The minimum atomic E-state index is -0.599. The number of methoxy groups -OCH3 is 2. The van der Waals surface area contributed by atoms with Crippen molar-refractivity contribution in [2.45, 2.75) is 13.3 Å². The largest absolute Gasteiger partial charge is 0.506 e. The fourth-order valence-electron chi connectivity index (χ4n) is 2.43. The third kappa shape index (κ3) is 5.47. The molecule has 148 valence electrons. The molecule has 8 heteroatoms. The average Bonchev–Trinajstić information content (AvgIpc) is 2.67.